The molecule has 0 saturated carbocycles. The largest absolute Gasteiger partial charge is 0.456 e. The van der Waals surface area contributed by atoms with Gasteiger partial charge in [0.1, 0.15) is 23.9 Å². The number of amides is 1. The zero-order valence-corrected chi connectivity index (χ0v) is 27.2. The lowest BCUT2D eigenvalue weighted by Gasteiger charge is -2.19. The van der Waals surface area contributed by atoms with Crippen LogP contribution in [-0.4, -0.2) is 76.7 Å². The van der Waals surface area contributed by atoms with Crippen molar-refractivity contribution in [3.05, 3.63) is 46.8 Å². The second-order valence-electron chi connectivity index (χ2n) is 10.7. The van der Waals surface area contributed by atoms with E-state index in [9.17, 15) is 14.9 Å². The number of benzene rings is 1. The summed E-state index contributed by atoms with van der Waals surface area (Å²) in [6.07, 6.45) is 5.42. The second kappa shape index (κ2) is 20.0. The Hall–Kier alpha value is -3.10. The van der Waals surface area contributed by atoms with Crippen LogP contribution >= 0.6 is 22.9 Å². The normalized spacial score (nSPS) is 11.6. The van der Waals surface area contributed by atoms with E-state index in [0.717, 1.165) is 53.3 Å². The van der Waals surface area contributed by atoms with Gasteiger partial charge in [-0.3, -0.25) is 0 Å². The highest BCUT2D eigenvalue weighted by Gasteiger charge is 2.20. The van der Waals surface area contributed by atoms with Crippen LogP contribution in [0.25, 0.3) is 16.5 Å². The van der Waals surface area contributed by atoms with Crippen LogP contribution in [0.1, 0.15) is 51.3 Å². The number of nitrogens with zero attached hydrogens (tertiary/aromatic N) is 2. The summed E-state index contributed by atoms with van der Waals surface area (Å²) in [4.78, 5) is 28.0. The summed E-state index contributed by atoms with van der Waals surface area (Å²) in [5, 5.41) is 12.1. The Morgan fingerprint density at radius 2 is 1.67 bits per heavy atom. The number of alkyl carbamates (subject to hydrolysis) is 1. The Labute approximate surface area is 264 Å². The highest BCUT2D eigenvalue weighted by molar-refractivity contribution is 7.16. The van der Waals surface area contributed by atoms with Gasteiger partial charge in [-0.1, -0.05) is 25.0 Å². The first kappa shape index (κ1) is 36.1. The Morgan fingerprint density at radius 1 is 0.977 bits per heavy atom. The Kier molecular flexibility index (Phi) is 16.8. The molecule has 0 saturated heterocycles. The van der Waals surface area contributed by atoms with Crippen molar-refractivity contribution in [3.8, 4) is 16.5 Å². The molecule has 0 aliphatic rings. The molecule has 1 heterocycles. The van der Waals surface area contributed by atoms with Crippen molar-refractivity contribution in [1.82, 2.24) is 5.32 Å². The molecule has 1 aromatic heterocycles. The lowest BCUT2D eigenvalue weighted by atomic mass is 10.1. The zero-order chi connectivity index (χ0) is 31.5. The van der Waals surface area contributed by atoms with Crippen molar-refractivity contribution in [2.45, 2.75) is 52.1 Å². The van der Waals surface area contributed by atoms with Gasteiger partial charge >= 0.3 is 12.1 Å². The number of hydrogen-bond acceptors (Lipinski definition) is 9. The van der Waals surface area contributed by atoms with Crippen LogP contribution in [0, 0.1) is 11.3 Å². The van der Waals surface area contributed by atoms with E-state index in [1.165, 1.54) is 11.3 Å². The van der Waals surface area contributed by atoms with Crippen LogP contribution in [0.5, 0.6) is 0 Å². The maximum Gasteiger partial charge on any atom is 0.407 e. The molecule has 1 amide bonds. The van der Waals surface area contributed by atoms with Crippen molar-refractivity contribution in [2.24, 2.45) is 0 Å². The summed E-state index contributed by atoms with van der Waals surface area (Å²) in [6, 6.07) is 13.8. The summed E-state index contributed by atoms with van der Waals surface area (Å²) in [6.45, 7) is 8.58. The number of likely N-dealkylation sites (N-methyl/N-ethyl adjacent to an activating group) is 1. The number of alkyl halides is 1. The molecule has 0 bridgehead atoms. The van der Waals surface area contributed by atoms with Crippen LogP contribution in [0.3, 0.4) is 0 Å². The van der Waals surface area contributed by atoms with Gasteiger partial charge in [0.25, 0.3) is 0 Å². The van der Waals surface area contributed by atoms with Crippen molar-refractivity contribution in [1.29, 1.82) is 5.26 Å². The maximum absolute atomic E-state index is 12.3. The van der Waals surface area contributed by atoms with E-state index in [2.05, 4.69) is 5.32 Å². The molecule has 1 N–H and O–H groups in total. The highest BCUT2D eigenvalue weighted by Crippen LogP contribution is 2.31. The van der Waals surface area contributed by atoms with Crippen molar-refractivity contribution in [2.75, 3.05) is 64.0 Å². The maximum atomic E-state index is 12.3. The number of nitrogens with one attached hydrogen (secondary N) is 1. The molecule has 236 valence electrons. The molecule has 9 nitrogen and oxygen atoms in total. The molecule has 0 unspecified atom stereocenters. The molecule has 0 spiro atoms. The van der Waals surface area contributed by atoms with Crippen LogP contribution < -0.4 is 10.2 Å². The fourth-order valence-electron chi connectivity index (χ4n) is 3.73. The summed E-state index contributed by atoms with van der Waals surface area (Å²) in [7, 11) is 1.93. The molecule has 1 aromatic carbocycles. The summed E-state index contributed by atoms with van der Waals surface area (Å²) >= 11 is 7.14. The van der Waals surface area contributed by atoms with Crippen LogP contribution in [0.4, 0.5) is 10.5 Å². The Bertz CT molecular complexity index is 1190. The van der Waals surface area contributed by atoms with Gasteiger partial charge in [0.2, 0.25) is 0 Å². The molecule has 2 aromatic rings. The quantitative estimate of drug-likeness (QED) is 0.0601. The van der Waals surface area contributed by atoms with Crippen molar-refractivity contribution in [3.63, 3.8) is 0 Å². The van der Waals surface area contributed by atoms with E-state index in [-0.39, 0.29) is 12.2 Å². The van der Waals surface area contributed by atoms with E-state index >= 15 is 0 Å². The van der Waals surface area contributed by atoms with E-state index < -0.39 is 17.7 Å². The van der Waals surface area contributed by atoms with Crippen molar-refractivity contribution >= 4 is 46.8 Å². The van der Waals surface area contributed by atoms with Gasteiger partial charge in [0.05, 0.1) is 26.4 Å². The number of ether oxygens (including phenoxy) is 4. The minimum atomic E-state index is -0.670. The summed E-state index contributed by atoms with van der Waals surface area (Å²) < 4.78 is 21.6. The Balaban J connectivity index is 1.66. The van der Waals surface area contributed by atoms with E-state index in [1.54, 1.807) is 26.8 Å². The average Bonchev–Trinajstić information content (AvgIpc) is 3.44. The number of thiophene rings is 1. The molecule has 0 aliphatic heterocycles. The van der Waals surface area contributed by atoms with E-state index in [0.29, 0.717) is 38.8 Å². The Morgan fingerprint density at radius 3 is 2.35 bits per heavy atom. The van der Waals surface area contributed by atoms with Gasteiger partial charge < -0.3 is 29.2 Å². The van der Waals surface area contributed by atoms with Crippen LogP contribution in [0.15, 0.2) is 42.0 Å². The predicted octanol–water partition coefficient (Wildman–Crippen LogP) is 6.66. The number of esters is 1. The molecule has 11 heteroatoms. The van der Waals surface area contributed by atoms with Gasteiger partial charge in [-0.25, -0.2) is 9.59 Å². The summed E-state index contributed by atoms with van der Waals surface area (Å²) in [5.41, 5.74) is 1.29. The fraction of sp³-hybridized carbons (Fsp3) is 0.531. The predicted molar refractivity (Wildman–Crippen MR) is 173 cm³/mol. The molecule has 0 aliphatic carbocycles. The number of hydrogen-bond donors (Lipinski definition) is 1. The van der Waals surface area contributed by atoms with Gasteiger partial charge in [-0.15, -0.1) is 22.9 Å². The van der Waals surface area contributed by atoms with Crippen LogP contribution in [-0.2, 0) is 23.7 Å². The monoisotopic (exact) mass is 633 g/mol. The number of rotatable bonds is 19. The third-order valence-corrected chi connectivity index (χ3v) is 7.31. The smallest absolute Gasteiger partial charge is 0.407 e. The average molecular weight is 634 g/mol. The summed E-state index contributed by atoms with van der Waals surface area (Å²) in [5.74, 6) is 0.0827. The molecular weight excluding hydrogens is 590 g/mol. The van der Waals surface area contributed by atoms with E-state index in [1.807, 2.05) is 54.4 Å². The van der Waals surface area contributed by atoms with Gasteiger partial charge in [-0.2, -0.15) is 5.26 Å². The van der Waals surface area contributed by atoms with Gasteiger partial charge in [-0.05, 0) is 69.5 Å². The van der Waals surface area contributed by atoms with Crippen LogP contribution in [0.2, 0.25) is 0 Å². The number of carbonyl (C=O) groups excluding carboxylic acids is 2. The molecular formula is C32H44ClN3O6S. The number of carbonyl (C=O) groups is 2. The third kappa shape index (κ3) is 15.3. The second-order valence-corrected chi connectivity index (χ2v) is 12.2. The fourth-order valence-corrected chi connectivity index (χ4v) is 4.88. The molecule has 0 fully saturated rings. The molecule has 43 heavy (non-hydrogen) atoms. The lowest BCUT2D eigenvalue weighted by molar-refractivity contribution is -0.149. The molecule has 0 radical (unpaired) electrons. The number of unbranched alkanes of at least 4 members (excludes halogenated alkanes) is 3. The number of halogens is 1. The first-order valence-corrected chi connectivity index (χ1v) is 15.9. The van der Waals surface area contributed by atoms with Crippen molar-refractivity contribution < 1.29 is 28.5 Å². The first-order chi connectivity index (χ1) is 20.6. The molecule has 2 rings (SSSR count). The minimum Gasteiger partial charge on any atom is -0.456 e. The van der Waals surface area contributed by atoms with Gasteiger partial charge in [0, 0.05) is 41.5 Å². The minimum absolute atomic E-state index is 0.0363. The lowest BCUT2D eigenvalue weighted by Crippen LogP contribution is -2.31. The standard InChI is InChI=1S/C32H44ClN3O6S/c1-32(2,3)42-30(37)26(24-34)23-28-13-14-29(43-28)25-9-11-27(12-10-25)36(4)17-20-41-31(38)35-16-19-40-22-21-39-18-8-6-5-7-15-33/h9-14,23H,5-8,15-22H2,1-4H3,(H,35,38)/b26-23+. The molecule has 0 atom stereocenters. The number of nitriles is 1. The first-order valence-electron chi connectivity index (χ1n) is 14.5. The van der Waals surface area contributed by atoms with Gasteiger partial charge in [0.15, 0.2) is 0 Å². The highest BCUT2D eigenvalue weighted by atomic mass is 35.5. The topological polar surface area (TPSA) is 110 Å². The third-order valence-electron chi connectivity index (χ3n) is 5.97. The van der Waals surface area contributed by atoms with E-state index in [4.69, 9.17) is 30.5 Å². The SMILES string of the molecule is CN(CCOC(=O)NCCOCCOCCCCCCCl)c1ccc(-c2ccc(/C=C(\C#N)C(=O)OC(C)(C)C)s2)cc1. The number of anilines is 1. The zero-order valence-electron chi connectivity index (χ0n) is 25.7.